The molecule has 0 radical (unpaired) electrons. The molecule has 0 aliphatic carbocycles. The van der Waals surface area contributed by atoms with Crippen LogP contribution >= 0.6 is 0 Å². The highest BCUT2D eigenvalue weighted by atomic mass is 16.3. The number of hydrogen-bond acceptors (Lipinski definition) is 4. The third-order valence-electron chi connectivity index (χ3n) is 3.22. The van der Waals surface area contributed by atoms with Crippen LogP contribution in [0.2, 0.25) is 0 Å². The Morgan fingerprint density at radius 1 is 1.00 bits per heavy atom. The molecular formula is C16H22O4. The highest BCUT2D eigenvalue weighted by molar-refractivity contribution is 6.00. The fourth-order valence-corrected chi connectivity index (χ4v) is 2.02. The lowest BCUT2D eigenvalue weighted by molar-refractivity contribution is -0.119. The number of rotatable bonds is 9. The van der Waals surface area contributed by atoms with Crippen LogP contribution in [0.15, 0.2) is 18.2 Å². The molecule has 4 heteroatoms. The molecule has 4 nitrogen and oxygen atoms in total. The molecule has 1 aromatic rings. The van der Waals surface area contributed by atoms with Crippen LogP contribution in [0.5, 0.6) is 11.5 Å². The molecule has 0 unspecified atom stereocenters. The summed E-state index contributed by atoms with van der Waals surface area (Å²) in [6.45, 7) is 2.12. The van der Waals surface area contributed by atoms with E-state index in [-0.39, 0.29) is 41.5 Å². The number of carbonyl (C=O) groups is 2. The van der Waals surface area contributed by atoms with Crippen LogP contribution in [0.25, 0.3) is 0 Å². The van der Waals surface area contributed by atoms with Crippen molar-refractivity contribution in [3.63, 3.8) is 0 Å². The molecule has 1 aromatic carbocycles. The maximum atomic E-state index is 11.9. The van der Waals surface area contributed by atoms with Crippen molar-refractivity contribution >= 4 is 11.6 Å². The molecule has 0 amide bonds. The number of ketones is 2. The standard InChI is InChI=1S/C16H22O4/c1-2-3-4-5-6-12(17)8-10-15(19)14-9-7-13(18)11-16(14)20/h7,9,11,18,20H,2-6,8,10H2,1H3. The molecule has 20 heavy (non-hydrogen) atoms. The summed E-state index contributed by atoms with van der Waals surface area (Å²) in [7, 11) is 0. The van der Waals surface area contributed by atoms with Crippen molar-refractivity contribution in [2.45, 2.75) is 51.9 Å². The van der Waals surface area contributed by atoms with Crippen molar-refractivity contribution in [2.24, 2.45) is 0 Å². The Bertz CT molecular complexity index is 466. The minimum absolute atomic E-state index is 0.0905. The minimum Gasteiger partial charge on any atom is -0.508 e. The van der Waals surface area contributed by atoms with Crippen LogP contribution in [-0.4, -0.2) is 21.8 Å². The molecule has 0 atom stereocenters. The van der Waals surface area contributed by atoms with E-state index in [0.29, 0.717) is 6.42 Å². The van der Waals surface area contributed by atoms with E-state index in [4.69, 9.17) is 5.11 Å². The van der Waals surface area contributed by atoms with Gasteiger partial charge < -0.3 is 10.2 Å². The Morgan fingerprint density at radius 3 is 2.40 bits per heavy atom. The summed E-state index contributed by atoms with van der Waals surface area (Å²) in [5.74, 6) is -0.520. The highest BCUT2D eigenvalue weighted by Gasteiger charge is 2.13. The molecule has 2 N–H and O–H groups in total. The minimum atomic E-state index is -0.274. The molecule has 110 valence electrons. The van der Waals surface area contributed by atoms with Gasteiger partial charge in [0.05, 0.1) is 5.56 Å². The van der Waals surface area contributed by atoms with Crippen LogP contribution in [0.1, 0.15) is 62.2 Å². The van der Waals surface area contributed by atoms with E-state index in [2.05, 4.69) is 6.92 Å². The normalized spacial score (nSPS) is 10.4. The van der Waals surface area contributed by atoms with E-state index in [9.17, 15) is 14.7 Å². The first-order valence-electron chi connectivity index (χ1n) is 7.11. The van der Waals surface area contributed by atoms with E-state index in [1.54, 1.807) is 0 Å². The van der Waals surface area contributed by atoms with Crippen LogP contribution in [-0.2, 0) is 4.79 Å². The summed E-state index contributed by atoms with van der Waals surface area (Å²) in [5.41, 5.74) is 0.154. The summed E-state index contributed by atoms with van der Waals surface area (Å²) in [5, 5.41) is 18.7. The maximum Gasteiger partial charge on any atom is 0.167 e. The van der Waals surface area contributed by atoms with Gasteiger partial charge in [0.15, 0.2) is 5.78 Å². The summed E-state index contributed by atoms with van der Waals surface area (Å²) in [6.07, 6.45) is 5.03. The second kappa shape index (κ2) is 8.35. The molecule has 0 fully saturated rings. The predicted octanol–water partition coefficient (Wildman–Crippen LogP) is 3.60. The average Bonchev–Trinajstić information content (AvgIpc) is 2.41. The number of unbranched alkanes of at least 4 members (excludes halogenated alkanes) is 3. The van der Waals surface area contributed by atoms with Gasteiger partial charge in [-0.3, -0.25) is 9.59 Å². The van der Waals surface area contributed by atoms with E-state index >= 15 is 0 Å². The number of benzene rings is 1. The molecule has 0 spiro atoms. The topological polar surface area (TPSA) is 74.6 Å². The van der Waals surface area contributed by atoms with E-state index in [1.807, 2.05) is 0 Å². The van der Waals surface area contributed by atoms with Crippen molar-refractivity contribution in [2.75, 3.05) is 0 Å². The summed E-state index contributed by atoms with van der Waals surface area (Å²) < 4.78 is 0. The molecule has 0 aliphatic rings. The first kappa shape index (κ1) is 16.2. The van der Waals surface area contributed by atoms with E-state index in [0.717, 1.165) is 31.7 Å². The third kappa shape index (κ3) is 5.43. The zero-order valence-electron chi connectivity index (χ0n) is 11.9. The van der Waals surface area contributed by atoms with Gasteiger partial charge >= 0.3 is 0 Å². The molecule has 0 heterocycles. The van der Waals surface area contributed by atoms with Crippen molar-refractivity contribution in [1.82, 2.24) is 0 Å². The van der Waals surface area contributed by atoms with Crippen molar-refractivity contribution in [3.05, 3.63) is 23.8 Å². The van der Waals surface area contributed by atoms with Crippen LogP contribution < -0.4 is 0 Å². The fraction of sp³-hybridized carbons (Fsp3) is 0.500. The predicted molar refractivity (Wildman–Crippen MR) is 77.1 cm³/mol. The molecular weight excluding hydrogens is 256 g/mol. The lowest BCUT2D eigenvalue weighted by Gasteiger charge is -2.04. The number of hydrogen-bond donors (Lipinski definition) is 2. The number of Topliss-reactive ketones (excluding diaryl/α,β-unsaturated/α-hetero) is 2. The number of aromatic hydroxyl groups is 2. The first-order valence-corrected chi connectivity index (χ1v) is 7.11. The molecule has 0 saturated carbocycles. The summed E-state index contributed by atoms with van der Waals surface area (Å²) >= 11 is 0. The van der Waals surface area contributed by atoms with Gasteiger partial charge in [-0.25, -0.2) is 0 Å². The van der Waals surface area contributed by atoms with Crippen LogP contribution in [0.4, 0.5) is 0 Å². The molecule has 1 rings (SSSR count). The lowest BCUT2D eigenvalue weighted by Crippen LogP contribution is -2.05. The smallest absolute Gasteiger partial charge is 0.167 e. The second-order valence-electron chi connectivity index (χ2n) is 4.97. The largest absolute Gasteiger partial charge is 0.508 e. The van der Waals surface area contributed by atoms with E-state index in [1.165, 1.54) is 12.1 Å². The Labute approximate surface area is 119 Å². The maximum absolute atomic E-state index is 11.9. The summed E-state index contributed by atoms with van der Waals surface area (Å²) in [4.78, 5) is 23.5. The Kier molecular flexibility index (Phi) is 6.77. The monoisotopic (exact) mass is 278 g/mol. The number of carbonyl (C=O) groups excluding carboxylic acids is 2. The summed E-state index contributed by atoms with van der Waals surface area (Å²) in [6, 6.07) is 3.85. The SMILES string of the molecule is CCCCCCC(=O)CCC(=O)c1ccc(O)cc1O. The average molecular weight is 278 g/mol. The van der Waals surface area contributed by atoms with Gasteiger partial charge in [0.2, 0.25) is 0 Å². The van der Waals surface area contributed by atoms with Gasteiger partial charge in [0, 0.05) is 25.3 Å². The highest BCUT2D eigenvalue weighted by Crippen LogP contribution is 2.24. The molecule has 0 bridgehead atoms. The zero-order chi connectivity index (χ0) is 15.0. The first-order chi connectivity index (χ1) is 9.54. The third-order valence-corrected chi connectivity index (χ3v) is 3.22. The Balaban J connectivity index is 2.37. The number of phenolic OH excluding ortho intramolecular Hbond substituents is 2. The van der Waals surface area contributed by atoms with Crippen LogP contribution in [0, 0.1) is 0 Å². The van der Waals surface area contributed by atoms with Gasteiger partial charge in [0.1, 0.15) is 17.3 Å². The quantitative estimate of drug-likeness (QED) is 0.534. The zero-order valence-corrected chi connectivity index (χ0v) is 11.9. The van der Waals surface area contributed by atoms with Crippen LogP contribution in [0.3, 0.4) is 0 Å². The van der Waals surface area contributed by atoms with Crippen molar-refractivity contribution in [1.29, 1.82) is 0 Å². The van der Waals surface area contributed by atoms with Crippen molar-refractivity contribution < 1.29 is 19.8 Å². The van der Waals surface area contributed by atoms with Gasteiger partial charge in [-0.15, -0.1) is 0 Å². The molecule has 0 saturated heterocycles. The van der Waals surface area contributed by atoms with Crippen molar-refractivity contribution in [3.8, 4) is 11.5 Å². The lowest BCUT2D eigenvalue weighted by atomic mass is 10.0. The fourth-order valence-electron chi connectivity index (χ4n) is 2.02. The second-order valence-corrected chi connectivity index (χ2v) is 4.97. The Hall–Kier alpha value is -1.84. The van der Waals surface area contributed by atoms with Gasteiger partial charge in [-0.2, -0.15) is 0 Å². The molecule has 0 aromatic heterocycles. The van der Waals surface area contributed by atoms with Gasteiger partial charge in [0.25, 0.3) is 0 Å². The molecule has 0 aliphatic heterocycles. The van der Waals surface area contributed by atoms with E-state index < -0.39 is 0 Å². The Morgan fingerprint density at radius 2 is 1.75 bits per heavy atom. The van der Waals surface area contributed by atoms with Gasteiger partial charge in [-0.05, 0) is 18.6 Å². The van der Waals surface area contributed by atoms with Gasteiger partial charge in [-0.1, -0.05) is 26.2 Å². The number of phenols is 2.